The highest BCUT2D eigenvalue weighted by Crippen LogP contribution is 2.43. The van der Waals surface area contributed by atoms with E-state index in [-0.39, 0.29) is 17.9 Å². The van der Waals surface area contributed by atoms with Crippen molar-refractivity contribution in [3.63, 3.8) is 0 Å². The van der Waals surface area contributed by atoms with Gasteiger partial charge in [0, 0.05) is 25.4 Å². The number of methoxy groups -OCH3 is 3. The molecule has 0 aliphatic carbocycles. The van der Waals surface area contributed by atoms with Gasteiger partial charge in [0.25, 0.3) is 5.56 Å². The van der Waals surface area contributed by atoms with Crippen LogP contribution in [-0.2, 0) is 4.79 Å². The molecule has 1 fully saturated rings. The first-order valence-electron chi connectivity index (χ1n) is 10.4. The lowest BCUT2D eigenvalue weighted by atomic mass is 9.86. The number of ether oxygens (including phenoxy) is 3. The summed E-state index contributed by atoms with van der Waals surface area (Å²) < 4.78 is 16.3. The van der Waals surface area contributed by atoms with Crippen molar-refractivity contribution >= 4 is 17.7 Å². The SMILES string of the molecule is COc1cc([C@H]2CC(=O)Nc3nc(N4CCC(C)CC4)[nH]c(=O)c32)cc(OC)c1OC. The van der Waals surface area contributed by atoms with Crippen LogP contribution in [0.2, 0.25) is 0 Å². The molecule has 0 saturated carbocycles. The van der Waals surface area contributed by atoms with Crippen LogP contribution in [0.3, 0.4) is 0 Å². The molecule has 166 valence electrons. The third-order valence-electron chi connectivity index (χ3n) is 6.11. The summed E-state index contributed by atoms with van der Waals surface area (Å²) in [5, 5.41) is 2.78. The van der Waals surface area contributed by atoms with Gasteiger partial charge in [0.15, 0.2) is 11.5 Å². The van der Waals surface area contributed by atoms with Crippen molar-refractivity contribution in [3.05, 3.63) is 33.6 Å². The molecule has 0 unspecified atom stereocenters. The molecule has 1 saturated heterocycles. The van der Waals surface area contributed by atoms with Crippen LogP contribution in [0.25, 0.3) is 0 Å². The fourth-order valence-corrected chi connectivity index (χ4v) is 4.32. The Morgan fingerprint density at radius 2 is 1.68 bits per heavy atom. The Bertz CT molecular complexity index is 1020. The van der Waals surface area contributed by atoms with E-state index in [9.17, 15) is 9.59 Å². The van der Waals surface area contributed by atoms with Gasteiger partial charge in [0.05, 0.1) is 26.9 Å². The number of nitrogens with zero attached hydrogens (tertiary/aromatic N) is 2. The number of carbonyl (C=O) groups is 1. The van der Waals surface area contributed by atoms with Crippen molar-refractivity contribution in [1.82, 2.24) is 9.97 Å². The van der Waals surface area contributed by atoms with Crippen LogP contribution in [-0.4, -0.2) is 50.3 Å². The fraction of sp³-hybridized carbons (Fsp3) is 0.500. The van der Waals surface area contributed by atoms with Gasteiger partial charge in [-0.25, -0.2) is 0 Å². The molecule has 2 aliphatic rings. The summed E-state index contributed by atoms with van der Waals surface area (Å²) in [6.45, 7) is 3.88. The number of aromatic amines is 1. The molecular formula is C22H28N4O5. The first-order valence-corrected chi connectivity index (χ1v) is 10.4. The number of anilines is 2. The normalized spacial score (nSPS) is 18.9. The molecule has 31 heavy (non-hydrogen) atoms. The molecule has 1 atom stereocenters. The number of H-pyrrole nitrogens is 1. The Kier molecular flexibility index (Phi) is 5.75. The summed E-state index contributed by atoms with van der Waals surface area (Å²) >= 11 is 0. The van der Waals surface area contributed by atoms with Crippen LogP contribution >= 0.6 is 0 Å². The van der Waals surface area contributed by atoms with Crippen molar-refractivity contribution in [2.45, 2.75) is 32.1 Å². The number of nitrogens with one attached hydrogen (secondary N) is 2. The van der Waals surface area contributed by atoms with Crippen molar-refractivity contribution < 1.29 is 19.0 Å². The Labute approximate surface area is 180 Å². The zero-order valence-electron chi connectivity index (χ0n) is 18.3. The van der Waals surface area contributed by atoms with Gasteiger partial charge in [-0.3, -0.25) is 14.6 Å². The Morgan fingerprint density at radius 1 is 1.03 bits per heavy atom. The van der Waals surface area contributed by atoms with Crippen LogP contribution < -0.4 is 30.0 Å². The minimum absolute atomic E-state index is 0.122. The monoisotopic (exact) mass is 428 g/mol. The van der Waals surface area contributed by atoms with E-state index in [1.165, 1.54) is 21.3 Å². The van der Waals surface area contributed by atoms with E-state index in [4.69, 9.17) is 14.2 Å². The highest BCUT2D eigenvalue weighted by molar-refractivity contribution is 5.94. The molecule has 1 aromatic carbocycles. The van der Waals surface area contributed by atoms with Gasteiger partial charge in [0.1, 0.15) is 5.82 Å². The standard InChI is InChI=1S/C22H28N4O5/c1-12-5-7-26(8-6-12)22-24-20-18(21(28)25-22)14(11-17(27)23-20)13-9-15(29-2)19(31-4)16(10-13)30-3/h9-10,12,14H,5-8,11H2,1-4H3,(H2,23,24,25,27,28)/t14-/m1/s1. The number of benzene rings is 1. The number of hydrogen-bond acceptors (Lipinski definition) is 7. The summed E-state index contributed by atoms with van der Waals surface area (Å²) in [5.74, 6) is 2.18. The van der Waals surface area contributed by atoms with Gasteiger partial charge >= 0.3 is 0 Å². The molecule has 0 spiro atoms. The zero-order valence-corrected chi connectivity index (χ0v) is 18.3. The molecule has 9 heteroatoms. The van der Waals surface area contributed by atoms with E-state index in [1.807, 2.05) is 0 Å². The molecular weight excluding hydrogens is 400 g/mol. The van der Waals surface area contributed by atoms with Gasteiger partial charge in [-0.2, -0.15) is 4.98 Å². The molecule has 2 N–H and O–H groups in total. The van der Waals surface area contributed by atoms with E-state index in [2.05, 4.69) is 27.1 Å². The number of amides is 1. The lowest BCUT2D eigenvalue weighted by Crippen LogP contribution is -2.37. The predicted molar refractivity (Wildman–Crippen MR) is 117 cm³/mol. The van der Waals surface area contributed by atoms with Crippen molar-refractivity contribution in [3.8, 4) is 17.2 Å². The number of hydrogen-bond donors (Lipinski definition) is 2. The van der Waals surface area contributed by atoms with Gasteiger partial charge in [-0.1, -0.05) is 6.92 Å². The second-order valence-corrected chi connectivity index (χ2v) is 8.08. The van der Waals surface area contributed by atoms with E-state index < -0.39 is 5.92 Å². The highest BCUT2D eigenvalue weighted by Gasteiger charge is 2.33. The number of piperidine rings is 1. The van der Waals surface area contributed by atoms with E-state index in [0.717, 1.165) is 31.5 Å². The molecule has 0 bridgehead atoms. The molecule has 9 nitrogen and oxygen atoms in total. The molecule has 1 amide bonds. The number of fused-ring (bicyclic) bond motifs is 1. The summed E-state index contributed by atoms with van der Waals surface area (Å²) in [5.41, 5.74) is 0.901. The highest BCUT2D eigenvalue weighted by atomic mass is 16.5. The van der Waals surface area contributed by atoms with Gasteiger partial charge in [-0.15, -0.1) is 0 Å². The lowest BCUT2D eigenvalue weighted by Gasteiger charge is -2.32. The number of carbonyl (C=O) groups excluding carboxylic acids is 1. The van der Waals surface area contributed by atoms with E-state index >= 15 is 0 Å². The Morgan fingerprint density at radius 3 is 2.26 bits per heavy atom. The summed E-state index contributed by atoms with van der Waals surface area (Å²) in [4.78, 5) is 35.3. The lowest BCUT2D eigenvalue weighted by molar-refractivity contribution is -0.116. The molecule has 1 aromatic heterocycles. The molecule has 3 heterocycles. The number of rotatable bonds is 5. The van der Waals surface area contributed by atoms with Crippen LogP contribution in [0.15, 0.2) is 16.9 Å². The van der Waals surface area contributed by atoms with Crippen LogP contribution in [0.4, 0.5) is 11.8 Å². The van der Waals surface area contributed by atoms with Crippen molar-refractivity contribution in [2.24, 2.45) is 5.92 Å². The zero-order chi connectivity index (χ0) is 22.1. The maximum absolute atomic E-state index is 13.2. The maximum atomic E-state index is 13.2. The third kappa shape index (κ3) is 3.92. The largest absolute Gasteiger partial charge is 0.493 e. The van der Waals surface area contributed by atoms with Crippen LogP contribution in [0.5, 0.6) is 17.2 Å². The first kappa shape index (κ1) is 21.0. The third-order valence-corrected chi connectivity index (χ3v) is 6.11. The maximum Gasteiger partial charge on any atom is 0.258 e. The smallest absolute Gasteiger partial charge is 0.258 e. The molecule has 2 aromatic rings. The Hall–Kier alpha value is -3.23. The average Bonchev–Trinajstić information content (AvgIpc) is 2.77. The number of aromatic nitrogens is 2. The quantitative estimate of drug-likeness (QED) is 0.754. The minimum Gasteiger partial charge on any atom is -0.493 e. The first-order chi connectivity index (χ1) is 14.9. The van der Waals surface area contributed by atoms with Gasteiger partial charge < -0.3 is 24.4 Å². The summed E-state index contributed by atoms with van der Waals surface area (Å²) in [6, 6.07) is 3.54. The topological polar surface area (TPSA) is 106 Å². The van der Waals surface area contributed by atoms with Gasteiger partial charge in [-0.05, 0) is 36.5 Å². The predicted octanol–water partition coefficient (Wildman–Crippen LogP) is 2.51. The van der Waals surface area contributed by atoms with Crippen molar-refractivity contribution in [1.29, 1.82) is 0 Å². The van der Waals surface area contributed by atoms with Crippen LogP contribution in [0.1, 0.15) is 43.2 Å². The second kappa shape index (κ2) is 8.49. The minimum atomic E-state index is -0.482. The molecule has 0 radical (unpaired) electrons. The van der Waals surface area contributed by atoms with E-state index in [1.54, 1.807) is 12.1 Å². The molecule has 4 rings (SSSR count). The summed E-state index contributed by atoms with van der Waals surface area (Å²) in [6.07, 6.45) is 2.21. The summed E-state index contributed by atoms with van der Waals surface area (Å²) in [7, 11) is 4.59. The average molecular weight is 428 g/mol. The van der Waals surface area contributed by atoms with E-state index in [0.29, 0.717) is 40.5 Å². The Balaban J connectivity index is 1.78. The van der Waals surface area contributed by atoms with Crippen molar-refractivity contribution in [2.75, 3.05) is 44.6 Å². The molecule has 2 aliphatic heterocycles. The fourth-order valence-electron chi connectivity index (χ4n) is 4.32. The van der Waals surface area contributed by atoms with Crippen LogP contribution in [0, 0.1) is 5.92 Å². The van der Waals surface area contributed by atoms with Gasteiger partial charge in [0.2, 0.25) is 17.6 Å². The second-order valence-electron chi connectivity index (χ2n) is 8.08.